The van der Waals surface area contributed by atoms with Gasteiger partial charge in [0.25, 0.3) is 5.91 Å². The highest BCUT2D eigenvalue weighted by molar-refractivity contribution is 9.10. The van der Waals surface area contributed by atoms with Crippen LogP contribution in [0.4, 0.5) is 4.79 Å². The largest absolute Gasteiger partial charge is 0.444 e. The topological polar surface area (TPSA) is 62.7 Å². The molecule has 0 unspecified atom stereocenters. The normalized spacial score (nSPS) is 16.0. The van der Waals surface area contributed by atoms with Crippen molar-refractivity contribution in [3.05, 3.63) is 28.5 Å². The van der Waals surface area contributed by atoms with E-state index in [1.165, 1.54) is 0 Å². The van der Waals surface area contributed by atoms with Gasteiger partial charge in [-0.05, 0) is 61.7 Å². The smallest absolute Gasteiger partial charge is 0.410 e. The zero-order valence-corrected chi connectivity index (χ0v) is 16.2. The molecule has 1 aromatic rings. The molecule has 2 rings (SSSR count). The summed E-state index contributed by atoms with van der Waals surface area (Å²) < 4.78 is 6.10. The number of halogens is 1. The number of carbonyl (C=O) groups is 2. The molecule has 0 radical (unpaired) electrons. The minimum absolute atomic E-state index is 0.0503. The van der Waals surface area contributed by atoms with Gasteiger partial charge in [0.05, 0.1) is 5.56 Å². The maximum atomic E-state index is 12.5. The Balaban J connectivity index is 1.90. The number of nitrogens with zero attached hydrogens (tertiary/aromatic N) is 3. The van der Waals surface area contributed by atoms with Crippen molar-refractivity contribution < 1.29 is 14.3 Å². The summed E-state index contributed by atoms with van der Waals surface area (Å²) in [6.45, 7) is 6.76. The average molecular weight is 398 g/mol. The van der Waals surface area contributed by atoms with Crippen molar-refractivity contribution >= 4 is 27.9 Å². The number of hydrogen-bond acceptors (Lipinski definition) is 4. The molecule has 1 aliphatic heterocycles. The Morgan fingerprint density at radius 2 is 1.92 bits per heavy atom. The lowest BCUT2D eigenvalue weighted by atomic mass is 10.0. The van der Waals surface area contributed by atoms with Crippen LogP contribution in [0.5, 0.6) is 0 Å². The first-order valence-corrected chi connectivity index (χ1v) is 8.83. The molecule has 0 aliphatic carbocycles. The van der Waals surface area contributed by atoms with Crippen molar-refractivity contribution in [3.8, 4) is 0 Å². The number of aromatic nitrogens is 1. The first-order valence-electron chi connectivity index (χ1n) is 8.04. The van der Waals surface area contributed by atoms with Crippen LogP contribution in [0, 0.1) is 0 Å². The molecule has 1 aliphatic rings. The Morgan fingerprint density at radius 1 is 1.29 bits per heavy atom. The monoisotopic (exact) mass is 397 g/mol. The summed E-state index contributed by atoms with van der Waals surface area (Å²) in [6.07, 6.45) is 2.77. The van der Waals surface area contributed by atoms with Crippen molar-refractivity contribution in [2.24, 2.45) is 0 Å². The third kappa shape index (κ3) is 4.93. The van der Waals surface area contributed by atoms with Crippen LogP contribution in [0.3, 0.4) is 0 Å². The molecule has 7 heteroatoms. The van der Waals surface area contributed by atoms with E-state index >= 15 is 0 Å². The molecule has 0 aromatic carbocycles. The molecule has 6 nitrogen and oxygen atoms in total. The number of ether oxygens (including phenoxy) is 1. The lowest BCUT2D eigenvalue weighted by Gasteiger charge is -2.37. The van der Waals surface area contributed by atoms with Gasteiger partial charge in [0, 0.05) is 32.4 Å². The molecule has 1 saturated heterocycles. The van der Waals surface area contributed by atoms with Gasteiger partial charge in [-0.15, -0.1) is 0 Å². The van der Waals surface area contributed by atoms with Crippen molar-refractivity contribution in [3.63, 3.8) is 0 Å². The maximum absolute atomic E-state index is 12.5. The van der Waals surface area contributed by atoms with E-state index in [1.54, 1.807) is 35.2 Å². The molecule has 0 atom stereocenters. The van der Waals surface area contributed by atoms with Crippen LogP contribution in [0.1, 0.15) is 44.0 Å². The van der Waals surface area contributed by atoms with Crippen LogP contribution in [0.15, 0.2) is 22.9 Å². The van der Waals surface area contributed by atoms with Gasteiger partial charge in [-0.3, -0.25) is 4.79 Å². The van der Waals surface area contributed by atoms with Crippen LogP contribution < -0.4 is 0 Å². The standard InChI is InChI=1S/C17H24BrN3O3/c1-17(2,3)24-16(23)21-9-7-13(8-10-21)20(4)15(22)12-5-6-14(18)19-11-12/h5-6,11,13H,7-10H2,1-4H3. The zero-order chi connectivity index (χ0) is 17.9. The molecule has 2 amide bonds. The maximum Gasteiger partial charge on any atom is 0.410 e. The van der Waals surface area contributed by atoms with E-state index in [9.17, 15) is 9.59 Å². The van der Waals surface area contributed by atoms with Crippen molar-refractivity contribution in [2.45, 2.75) is 45.3 Å². The molecular formula is C17H24BrN3O3. The summed E-state index contributed by atoms with van der Waals surface area (Å²) in [7, 11) is 1.80. The second-order valence-corrected chi connectivity index (χ2v) is 7.80. The van der Waals surface area contributed by atoms with Gasteiger partial charge in [0.1, 0.15) is 10.2 Å². The fourth-order valence-electron chi connectivity index (χ4n) is 2.63. The van der Waals surface area contributed by atoms with E-state index in [-0.39, 0.29) is 18.0 Å². The summed E-state index contributed by atoms with van der Waals surface area (Å²) in [4.78, 5) is 32.2. The Hall–Kier alpha value is -1.63. The van der Waals surface area contributed by atoms with Crippen LogP contribution in [-0.2, 0) is 4.74 Å². The number of hydrogen-bond donors (Lipinski definition) is 0. The Kier molecular flexibility index (Phi) is 5.85. The third-order valence-electron chi connectivity index (χ3n) is 3.96. The number of piperidine rings is 1. The third-order valence-corrected chi connectivity index (χ3v) is 4.43. The molecule has 0 N–H and O–H groups in total. The number of rotatable bonds is 2. The highest BCUT2D eigenvalue weighted by Gasteiger charge is 2.30. The van der Waals surface area contributed by atoms with Gasteiger partial charge in [0.2, 0.25) is 0 Å². The SMILES string of the molecule is CN(C(=O)c1ccc(Br)nc1)C1CCN(C(=O)OC(C)(C)C)CC1. The summed E-state index contributed by atoms with van der Waals surface area (Å²) in [5.74, 6) is -0.0503. The van der Waals surface area contributed by atoms with Crippen molar-refractivity contribution in [1.29, 1.82) is 0 Å². The first kappa shape index (κ1) is 18.7. The van der Waals surface area contributed by atoms with Crippen molar-refractivity contribution in [2.75, 3.05) is 20.1 Å². The second kappa shape index (κ2) is 7.51. The highest BCUT2D eigenvalue weighted by Crippen LogP contribution is 2.20. The van der Waals surface area contributed by atoms with Crippen LogP contribution in [0.25, 0.3) is 0 Å². The van der Waals surface area contributed by atoms with Gasteiger partial charge >= 0.3 is 6.09 Å². The summed E-state index contributed by atoms with van der Waals surface area (Å²) in [5.41, 5.74) is 0.0743. The fraction of sp³-hybridized carbons (Fsp3) is 0.588. The van der Waals surface area contributed by atoms with Gasteiger partial charge in [-0.1, -0.05) is 0 Å². The van der Waals surface area contributed by atoms with Crippen LogP contribution in [-0.4, -0.2) is 58.6 Å². The fourth-order valence-corrected chi connectivity index (χ4v) is 2.87. The van der Waals surface area contributed by atoms with Crippen molar-refractivity contribution in [1.82, 2.24) is 14.8 Å². The predicted octanol–water partition coefficient (Wildman–Crippen LogP) is 3.32. The lowest BCUT2D eigenvalue weighted by molar-refractivity contribution is 0.0160. The van der Waals surface area contributed by atoms with E-state index in [1.807, 2.05) is 20.8 Å². The first-order chi connectivity index (χ1) is 11.2. The van der Waals surface area contributed by atoms with E-state index in [0.717, 1.165) is 12.8 Å². The molecule has 0 bridgehead atoms. The van der Waals surface area contributed by atoms with E-state index in [2.05, 4.69) is 20.9 Å². The molecule has 0 spiro atoms. The Labute approximate surface area is 151 Å². The van der Waals surface area contributed by atoms with Gasteiger partial charge in [0.15, 0.2) is 0 Å². The van der Waals surface area contributed by atoms with Crippen LogP contribution in [0.2, 0.25) is 0 Å². The van der Waals surface area contributed by atoms with Gasteiger partial charge < -0.3 is 14.5 Å². The lowest BCUT2D eigenvalue weighted by Crippen LogP contribution is -2.48. The molecule has 1 aromatic heterocycles. The summed E-state index contributed by atoms with van der Waals surface area (Å²) in [6, 6.07) is 3.62. The van der Waals surface area contributed by atoms with E-state index in [0.29, 0.717) is 23.3 Å². The van der Waals surface area contributed by atoms with Crippen LogP contribution >= 0.6 is 15.9 Å². The van der Waals surface area contributed by atoms with Gasteiger partial charge in [-0.25, -0.2) is 9.78 Å². The zero-order valence-electron chi connectivity index (χ0n) is 14.6. The number of carbonyl (C=O) groups excluding carboxylic acids is 2. The molecular weight excluding hydrogens is 374 g/mol. The minimum atomic E-state index is -0.491. The molecule has 24 heavy (non-hydrogen) atoms. The Morgan fingerprint density at radius 3 is 2.42 bits per heavy atom. The van der Waals surface area contributed by atoms with Gasteiger partial charge in [-0.2, -0.15) is 0 Å². The molecule has 2 heterocycles. The Bertz CT molecular complexity index is 590. The quantitative estimate of drug-likeness (QED) is 0.718. The van der Waals surface area contributed by atoms with E-state index < -0.39 is 5.60 Å². The number of amides is 2. The molecule has 1 fully saturated rings. The molecule has 0 saturated carbocycles. The minimum Gasteiger partial charge on any atom is -0.444 e. The second-order valence-electron chi connectivity index (χ2n) is 6.98. The predicted molar refractivity (Wildman–Crippen MR) is 94.9 cm³/mol. The highest BCUT2D eigenvalue weighted by atomic mass is 79.9. The molecule has 132 valence electrons. The summed E-state index contributed by atoms with van der Waals surface area (Å²) in [5, 5.41) is 0. The summed E-state index contributed by atoms with van der Waals surface area (Å²) >= 11 is 3.26. The average Bonchev–Trinajstić information content (AvgIpc) is 2.53. The number of likely N-dealkylation sites (tertiary alicyclic amines) is 1. The number of pyridine rings is 1. The van der Waals surface area contributed by atoms with E-state index in [4.69, 9.17) is 4.74 Å².